The summed E-state index contributed by atoms with van der Waals surface area (Å²) in [5, 5.41) is 7.58. The lowest BCUT2D eigenvalue weighted by molar-refractivity contribution is 0.669. The van der Waals surface area contributed by atoms with Crippen molar-refractivity contribution in [1.82, 2.24) is 0 Å². The van der Waals surface area contributed by atoms with Crippen molar-refractivity contribution in [2.75, 3.05) is 0 Å². The molecule has 248 valence electrons. The minimum Gasteiger partial charge on any atom is -0.456 e. The van der Waals surface area contributed by atoms with Crippen LogP contribution in [0.5, 0.6) is 0 Å². The number of para-hydroxylation sites is 1. The van der Waals surface area contributed by atoms with Gasteiger partial charge in [-0.3, -0.25) is 0 Å². The van der Waals surface area contributed by atoms with E-state index in [1.54, 1.807) is 11.3 Å². The molecule has 2 aromatic heterocycles. The summed E-state index contributed by atoms with van der Waals surface area (Å²) < 4.78 is 8.45. The SMILES string of the molecule is C[C@H]1C/C=C(\c2ccc3oc4ccccc4c3c2)N=C(c2ccc(Cl)c3sc4c5ccccc5ccc4c23)N=C1c1cccc(-c2ccccc2)c1. The first-order valence-electron chi connectivity index (χ1n) is 17.6. The highest BCUT2D eigenvalue weighted by atomic mass is 35.5. The Morgan fingerprint density at radius 1 is 0.596 bits per heavy atom. The molecular formula is C47H31ClN2OS. The summed E-state index contributed by atoms with van der Waals surface area (Å²) in [4.78, 5) is 11.1. The lowest BCUT2D eigenvalue weighted by Crippen LogP contribution is -2.17. The number of hydrogen-bond donors (Lipinski definition) is 0. The number of furan rings is 1. The predicted octanol–water partition coefficient (Wildman–Crippen LogP) is 13.7. The molecule has 0 fully saturated rings. The number of fused-ring (bicyclic) bond motifs is 8. The highest BCUT2D eigenvalue weighted by molar-refractivity contribution is 7.27. The van der Waals surface area contributed by atoms with Crippen molar-refractivity contribution in [2.45, 2.75) is 13.3 Å². The summed E-state index contributed by atoms with van der Waals surface area (Å²) in [7, 11) is 0. The zero-order valence-corrected chi connectivity index (χ0v) is 29.9. The van der Waals surface area contributed by atoms with E-state index in [-0.39, 0.29) is 5.92 Å². The molecule has 3 nitrogen and oxygen atoms in total. The summed E-state index contributed by atoms with van der Waals surface area (Å²) in [6, 6.07) is 50.9. The van der Waals surface area contributed by atoms with Crippen LogP contribution in [0.2, 0.25) is 5.02 Å². The molecule has 9 aromatic rings. The van der Waals surface area contributed by atoms with Crippen LogP contribution >= 0.6 is 22.9 Å². The Morgan fingerprint density at radius 3 is 2.27 bits per heavy atom. The van der Waals surface area contributed by atoms with Crippen LogP contribution in [0.3, 0.4) is 0 Å². The van der Waals surface area contributed by atoms with E-state index in [9.17, 15) is 0 Å². The van der Waals surface area contributed by atoms with Crippen LogP contribution < -0.4 is 0 Å². The Morgan fingerprint density at radius 2 is 1.37 bits per heavy atom. The minimum atomic E-state index is 0.121. The van der Waals surface area contributed by atoms with Crippen molar-refractivity contribution in [2.24, 2.45) is 15.9 Å². The number of benzene rings is 7. The number of rotatable bonds is 4. The van der Waals surface area contributed by atoms with Gasteiger partial charge in [0.1, 0.15) is 11.2 Å². The first-order chi connectivity index (χ1) is 25.6. The molecule has 0 bridgehead atoms. The number of thiophene rings is 1. The third-order valence-corrected chi connectivity index (χ3v) is 11.9. The second kappa shape index (κ2) is 12.4. The lowest BCUT2D eigenvalue weighted by atomic mass is 9.91. The van der Waals surface area contributed by atoms with Gasteiger partial charge in [0.2, 0.25) is 0 Å². The Hall–Kier alpha value is -5.81. The molecule has 0 spiro atoms. The summed E-state index contributed by atoms with van der Waals surface area (Å²) in [6.07, 6.45) is 3.06. The fourth-order valence-electron chi connectivity index (χ4n) is 7.60. The number of amidine groups is 1. The molecule has 0 amide bonds. The molecule has 5 heteroatoms. The van der Waals surface area contributed by atoms with Gasteiger partial charge in [-0.1, -0.05) is 128 Å². The van der Waals surface area contributed by atoms with Gasteiger partial charge in [-0.05, 0) is 76.3 Å². The Kier molecular flexibility index (Phi) is 7.41. The second-order valence-corrected chi connectivity index (χ2v) is 14.9. The molecule has 52 heavy (non-hydrogen) atoms. The third kappa shape index (κ3) is 5.18. The van der Waals surface area contributed by atoms with Crippen LogP contribution in [-0.4, -0.2) is 11.5 Å². The van der Waals surface area contributed by atoms with E-state index in [0.29, 0.717) is 5.84 Å². The fourth-order valence-corrected chi connectivity index (χ4v) is 9.14. The zero-order valence-electron chi connectivity index (χ0n) is 28.3. The standard InChI is InChI=1S/C47H31ClN2OS/c1-28-18-24-40(32-20-25-42-38(27-32)35-16-7-8-17-41(35)51-42)49-47(50-44(28)33-14-9-13-31(26-33)29-10-3-2-4-11-29)37-22-23-39(48)46-43(37)36-21-19-30-12-5-6-15-34(30)45(36)52-46/h2-17,19-28H,18H2,1H3/b40-24+,49-47?,50-44?/t28-/m0/s1. The maximum atomic E-state index is 7.00. The van der Waals surface area contributed by atoms with Crippen LogP contribution in [0.4, 0.5) is 0 Å². The van der Waals surface area contributed by atoms with E-state index < -0.39 is 0 Å². The molecular weight excluding hydrogens is 676 g/mol. The molecule has 7 aromatic carbocycles. The van der Waals surface area contributed by atoms with Gasteiger partial charge in [0.05, 0.1) is 21.1 Å². The van der Waals surface area contributed by atoms with E-state index in [4.69, 9.17) is 26.0 Å². The van der Waals surface area contributed by atoms with Crippen LogP contribution in [0.1, 0.15) is 30.0 Å². The van der Waals surface area contributed by atoms with Crippen LogP contribution in [0.15, 0.2) is 166 Å². The van der Waals surface area contributed by atoms with Gasteiger partial charge in [-0.2, -0.15) is 0 Å². The molecule has 0 unspecified atom stereocenters. The number of nitrogens with zero attached hydrogens (tertiary/aromatic N) is 2. The molecule has 0 aliphatic carbocycles. The quantitative estimate of drug-likeness (QED) is 0.179. The average Bonchev–Trinajstić information content (AvgIpc) is 3.77. The molecule has 1 aliphatic rings. The summed E-state index contributed by atoms with van der Waals surface area (Å²) in [6.45, 7) is 2.27. The maximum Gasteiger partial charge on any atom is 0.160 e. The van der Waals surface area contributed by atoms with Crippen LogP contribution in [0, 0.1) is 5.92 Å². The molecule has 0 saturated carbocycles. The number of aliphatic imine (C=N–C) groups is 2. The number of hydrogen-bond acceptors (Lipinski definition) is 4. The van der Waals surface area contributed by atoms with Gasteiger partial charge in [0.25, 0.3) is 0 Å². The van der Waals surface area contributed by atoms with Crippen molar-refractivity contribution in [3.8, 4) is 11.1 Å². The van der Waals surface area contributed by atoms with Gasteiger partial charge in [0, 0.05) is 43.3 Å². The first-order valence-corrected chi connectivity index (χ1v) is 18.8. The third-order valence-electron chi connectivity index (χ3n) is 10.2. The largest absolute Gasteiger partial charge is 0.456 e. The monoisotopic (exact) mass is 706 g/mol. The van der Waals surface area contributed by atoms with Crippen molar-refractivity contribution in [3.63, 3.8) is 0 Å². The maximum absolute atomic E-state index is 7.00. The van der Waals surface area contributed by atoms with Crippen molar-refractivity contribution in [1.29, 1.82) is 0 Å². The second-order valence-electron chi connectivity index (χ2n) is 13.5. The Labute approximate surface area is 309 Å². The van der Waals surface area contributed by atoms with Gasteiger partial charge < -0.3 is 4.42 Å². The smallest absolute Gasteiger partial charge is 0.160 e. The summed E-state index contributed by atoms with van der Waals surface area (Å²) in [5.41, 5.74) is 9.08. The van der Waals surface area contributed by atoms with Gasteiger partial charge in [0.15, 0.2) is 5.84 Å². The highest BCUT2D eigenvalue weighted by Crippen LogP contribution is 2.44. The highest BCUT2D eigenvalue weighted by Gasteiger charge is 2.23. The average molecular weight is 707 g/mol. The molecule has 1 atom stereocenters. The summed E-state index contributed by atoms with van der Waals surface area (Å²) >= 11 is 8.75. The van der Waals surface area contributed by atoms with E-state index in [0.717, 1.165) is 82.5 Å². The molecule has 0 N–H and O–H groups in total. The van der Waals surface area contributed by atoms with Crippen molar-refractivity contribution in [3.05, 3.63) is 173 Å². The van der Waals surface area contributed by atoms with Gasteiger partial charge in [-0.25, -0.2) is 9.98 Å². The predicted molar refractivity (Wildman–Crippen MR) is 222 cm³/mol. The Balaban J connectivity index is 1.22. The van der Waals surface area contributed by atoms with Crippen molar-refractivity contribution >= 4 is 93.1 Å². The molecule has 1 aliphatic heterocycles. The zero-order chi connectivity index (χ0) is 34.8. The molecule has 10 rings (SSSR count). The van der Waals surface area contributed by atoms with Crippen LogP contribution in [0.25, 0.3) is 69.7 Å². The molecule has 3 heterocycles. The molecule has 0 saturated heterocycles. The van der Waals surface area contributed by atoms with E-state index in [2.05, 4.69) is 140 Å². The van der Waals surface area contributed by atoms with Gasteiger partial charge in [-0.15, -0.1) is 11.3 Å². The summed E-state index contributed by atoms with van der Waals surface area (Å²) in [5.74, 6) is 0.792. The van der Waals surface area contributed by atoms with E-state index in [1.807, 2.05) is 18.2 Å². The normalized spacial score (nSPS) is 16.2. The minimum absolute atomic E-state index is 0.121. The first kappa shape index (κ1) is 31.0. The van der Waals surface area contributed by atoms with E-state index >= 15 is 0 Å². The van der Waals surface area contributed by atoms with E-state index in [1.165, 1.54) is 21.0 Å². The number of allylic oxidation sites excluding steroid dienone is 1. The van der Waals surface area contributed by atoms with Crippen molar-refractivity contribution < 1.29 is 4.42 Å². The van der Waals surface area contributed by atoms with Gasteiger partial charge >= 0.3 is 0 Å². The number of halogens is 1. The molecule has 0 radical (unpaired) electrons. The lowest BCUT2D eigenvalue weighted by Gasteiger charge is -2.19. The fraction of sp³-hybridized carbons (Fsp3) is 0.0638. The van der Waals surface area contributed by atoms with Crippen LogP contribution in [-0.2, 0) is 0 Å². The Bertz CT molecular complexity index is 2970. The topological polar surface area (TPSA) is 37.9 Å².